The average molecular weight is 310 g/mol. The van der Waals surface area contributed by atoms with Crippen LogP contribution in [-0.2, 0) is 27.8 Å². The van der Waals surface area contributed by atoms with Crippen LogP contribution < -0.4 is 9.03 Å². The number of benzene rings is 1. The van der Waals surface area contributed by atoms with Gasteiger partial charge in [0.15, 0.2) is 0 Å². The van der Waals surface area contributed by atoms with Crippen LogP contribution in [0.25, 0.3) is 0 Å². The van der Waals surface area contributed by atoms with Crippen LogP contribution in [0.15, 0.2) is 12.1 Å². The zero-order valence-corrected chi connectivity index (χ0v) is 12.6. The summed E-state index contributed by atoms with van der Waals surface area (Å²) in [4.78, 5) is 11.3. The Hall–Kier alpha value is -1.76. The minimum absolute atomic E-state index is 0.0937. The van der Waals surface area contributed by atoms with Gasteiger partial charge in [-0.25, -0.2) is 9.03 Å². The van der Waals surface area contributed by atoms with Gasteiger partial charge in [-0.05, 0) is 48.4 Å². The van der Waals surface area contributed by atoms with E-state index in [-0.39, 0.29) is 18.0 Å². The molecule has 0 bridgehead atoms. The fourth-order valence-corrected chi connectivity index (χ4v) is 4.22. The lowest BCUT2D eigenvalue weighted by Gasteiger charge is -2.26. The van der Waals surface area contributed by atoms with Crippen LogP contribution in [0.4, 0.5) is 5.69 Å². The second-order valence-electron chi connectivity index (χ2n) is 5.66. The first-order valence-electron chi connectivity index (χ1n) is 7.08. The van der Waals surface area contributed by atoms with Crippen molar-refractivity contribution in [3.05, 3.63) is 23.3 Å². The Morgan fingerprint density at radius 3 is 2.76 bits per heavy atom. The zero-order valence-electron chi connectivity index (χ0n) is 11.8. The number of carbonyl (C=O) groups is 1. The summed E-state index contributed by atoms with van der Waals surface area (Å²) in [7, 11) is -3.88. The van der Waals surface area contributed by atoms with Crippen molar-refractivity contribution in [2.24, 2.45) is 5.92 Å². The van der Waals surface area contributed by atoms with Crippen molar-refractivity contribution in [1.29, 1.82) is 0 Å². The van der Waals surface area contributed by atoms with Crippen molar-refractivity contribution < 1.29 is 18.3 Å². The van der Waals surface area contributed by atoms with Gasteiger partial charge in [-0.3, -0.25) is 4.79 Å². The molecule has 1 aromatic rings. The Balaban J connectivity index is 2.03. The van der Waals surface area contributed by atoms with Crippen LogP contribution in [0.2, 0.25) is 0 Å². The Kier molecular flexibility index (Phi) is 3.32. The molecule has 1 saturated heterocycles. The number of hydrogen-bond acceptors (Lipinski definition) is 4. The summed E-state index contributed by atoms with van der Waals surface area (Å²) in [6.07, 6.45) is 3.95. The number of aromatic hydroxyl groups is 1. The van der Waals surface area contributed by atoms with Gasteiger partial charge in [-0.2, -0.15) is 8.42 Å². The number of nitrogens with one attached hydrogen (secondary N) is 1. The molecule has 1 aromatic carbocycles. The molecule has 0 spiro atoms. The summed E-state index contributed by atoms with van der Waals surface area (Å²) in [6.45, 7) is 1.86. The van der Waals surface area contributed by atoms with E-state index in [0.717, 1.165) is 41.1 Å². The molecule has 2 aliphatic rings. The minimum Gasteiger partial charge on any atom is -0.506 e. The van der Waals surface area contributed by atoms with Gasteiger partial charge < -0.3 is 5.11 Å². The van der Waals surface area contributed by atoms with Gasteiger partial charge in [0.25, 0.3) is 5.91 Å². The lowest BCUT2D eigenvalue weighted by molar-refractivity contribution is -0.117. The number of nitrogens with zero attached hydrogens (tertiary/aromatic N) is 1. The van der Waals surface area contributed by atoms with Crippen molar-refractivity contribution >= 4 is 21.8 Å². The summed E-state index contributed by atoms with van der Waals surface area (Å²) in [5, 5.41) is 10.1. The van der Waals surface area contributed by atoms with E-state index in [9.17, 15) is 18.3 Å². The van der Waals surface area contributed by atoms with Crippen LogP contribution in [-0.4, -0.2) is 26.0 Å². The lowest BCUT2D eigenvalue weighted by atomic mass is 9.82. The average Bonchev–Trinajstić information content (AvgIpc) is 2.70. The molecule has 3 rings (SSSR count). The third kappa shape index (κ3) is 2.46. The highest BCUT2D eigenvalue weighted by Gasteiger charge is 2.36. The van der Waals surface area contributed by atoms with E-state index in [1.807, 2.05) is 4.72 Å². The van der Waals surface area contributed by atoms with Crippen LogP contribution in [0.5, 0.6) is 5.75 Å². The number of fused-ring (bicyclic) bond motifs is 1. The van der Waals surface area contributed by atoms with Gasteiger partial charge in [-0.1, -0.05) is 13.3 Å². The van der Waals surface area contributed by atoms with Gasteiger partial charge in [0, 0.05) is 0 Å². The van der Waals surface area contributed by atoms with Gasteiger partial charge >= 0.3 is 10.2 Å². The van der Waals surface area contributed by atoms with E-state index in [0.29, 0.717) is 5.92 Å². The maximum absolute atomic E-state index is 11.9. The monoisotopic (exact) mass is 310 g/mol. The molecule has 1 atom stereocenters. The molecule has 1 heterocycles. The molecular formula is C14H18N2O4S. The second kappa shape index (κ2) is 4.91. The summed E-state index contributed by atoms with van der Waals surface area (Å²) >= 11 is 0. The van der Waals surface area contributed by atoms with Crippen molar-refractivity contribution in [1.82, 2.24) is 4.72 Å². The quantitative estimate of drug-likeness (QED) is 0.856. The van der Waals surface area contributed by atoms with Crippen molar-refractivity contribution in [2.75, 3.05) is 10.8 Å². The lowest BCUT2D eigenvalue weighted by Crippen LogP contribution is -2.29. The second-order valence-corrected chi connectivity index (χ2v) is 7.26. The Labute approximate surface area is 124 Å². The topological polar surface area (TPSA) is 86.7 Å². The van der Waals surface area contributed by atoms with E-state index in [4.69, 9.17) is 0 Å². The highest BCUT2D eigenvalue weighted by atomic mass is 32.2. The summed E-state index contributed by atoms with van der Waals surface area (Å²) < 4.78 is 26.6. The fraction of sp³-hybridized carbons (Fsp3) is 0.500. The molecule has 7 heteroatoms. The number of carbonyl (C=O) groups excluding carboxylic acids is 1. The van der Waals surface area contributed by atoms with Gasteiger partial charge in [0.2, 0.25) is 0 Å². The number of amides is 1. The molecule has 1 aliphatic heterocycles. The maximum Gasteiger partial charge on any atom is 0.326 e. The highest BCUT2D eigenvalue weighted by Crippen LogP contribution is 2.37. The molecule has 1 amide bonds. The summed E-state index contributed by atoms with van der Waals surface area (Å²) in [5.74, 6) is -0.0906. The van der Waals surface area contributed by atoms with E-state index in [1.54, 1.807) is 12.1 Å². The van der Waals surface area contributed by atoms with E-state index >= 15 is 0 Å². The molecule has 114 valence electrons. The molecule has 2 N–H and O–H groups in total. The van der Waals surface area contributed by atoms with Gasteiger partial charge in [-0.15, -0.1) is 0 Å². The van der Waals surface area contributed by atoms with Crippen molar-refractivity contribution in [3.63, 3.8) is 0 Å². The maximum atomic E-state index is 11.9. The number of hydrogen-bond donors (Lipinski definition) is 2. The first-order chi connectivity index (χ1) is 9.90. The fourth-order valence-electron chi connectivity index (χ4n) is 3.07. The predicted molar refractivity (Wildman–Crippen MR) is 78.3 cm³/mol. The van der Waals surface area contributed by atoms with E-state index < -0.39 is 16.1 Å². The van der Waals surface area contributed by atoms with Crippen LogP contribution >= 0.6 is 0 Å². The van der Waals surface area contributed by atoms with Crippen molar-refractivity contribution in [2.45, 2.75) is 32.6 Å². The predicted octanol–water partition coefficient (Wildman–Crippen LogP) is 1.09. The first kappa shape index (κ1) is 14.2. The molecular weight excluding hydrogens is 292 g/mol. The number of rotatable bonds is 2. The SMILES string of the molecule is CCC1CCc2cc(O)c(N3CC(=O)NS3(=O)=O)cc2C1. The van der Waals surface area contributed by atoms with Gasteiger partial charge in [0.1, 0.15) is 12.3 Å². The normalized spacial score (nSPS) is 23.8. The Bertz CT molecular complexity index is 699. The van der Waals surface area contributed by atoms with Crippen LogP contribution in [0, 0.1) is 5.92 Å². The third-order valence-corrected chi connectivity index (χ3v) is 5.69. The molecule has 0 saturated carbocycles. The first-order valence-corrected chi connectivity index (χ1v) is 8.52. The summed E-state index contributed by atoms with van der Waals surface area (Å²) in [6, 6.07) is 3.35. The summed E-state index contributed by atoms with van der Waals surface area (Å²) in [5.41, 5.74) is 2.32. The standard InChI is InChI=1S/C14H18N2O4S/c1-2-9-3-4-10-7-13(17)12(6-11(10)5-9)16-8-14(18)15-21(16,19)20/h6-7,9,17H,2-5,8H2,1H3,(H,15,18). The van der Waals surface area contributed by atoms with E-state index in [1.165, 1.54) is 0 Å². The highest BCUT2D eigenvalue weighted by molar-refractivity contribution is 7.92. The molecule has 0 radical (unpaired) electrons. The molecule has 21 heavy (non-hydrogen) atoms. The Morgan fingerprint density at radius 2 is 2.14 bits per heavy atom. The largest absolute Gasteiger partial charge is 0.506 e. The molecule has 1 aliphatic carbocycles. The smallest absolute Gasteiger partial charge is 0.326 e. The number of phenols is 1. The third-order valence-electron chi connectivity index (χ3n) is 4.29. The van der Waals surface area contributed by atoms with Crippen molar-refractivity contribution in [3.8, 4) is 5.75 Å². The minimum atomic E-state index is -3.88. The van der Waals surface area contributed by atoms with Crippen LogP contribution in [0.1, 0.15) is 30.9 Å². The number of anilines is 1. The number of aryl methyl sites for hydroxylation is 1. The number of phenolic OH excluding ortho intramolecular Hbond substituents is 1. The van der Waals surface area contributed by atoms with Crippen LogP contribution in [0.3, 0.4) is 0 Å². The van der Waals surface area contributed by atoms with Gasteiger partial charge in [0.05, 0.1) is 5.69 Å². The Morgan fingerprint density at radius 1 is 1.38 bits per heavy atom. The molecule has 1 unspecified atom stereocenters. The zero-order chi connectivity index (χ0) is 15.2. The molecule has 0 aromatic heterocycles. The van der Waals surface area contributed by atoms with E-state index in [2.05, 4.69) is 6.92 Å². The molecule has 6 nitrogen and oxygen atoms in total. The molecule has 1 fully saturated rings.